The number of benzene rings is 3. The molecule has 1 atom stereocenters. The number of rotatable bonds is 11. The summed E-state index contributed by atoms with van der Waals surface area (Å²) in [5, 5.41) is 33.4. The number of nitrogens with two attached hydrogens (primary N) is 1. The number of hydrogen-bond donors (Lipinski definition) is 6. The molecule has 0 spiro atoms. The van der Waals surface area contributed by atoms with Crippen molar-refractivity contribution in [2.45, 2.75) is 19.9 Å². The number of nitrogens with one attached hydrogen (secondary N) is 3. The zero-order chi connectivity index (χ0) is 28.0. The summed E-state index contributed by atoms with van der Waals surface area (Å²) in [4.78, 5) is 37.2. The molecule has 0 heterocycles. The summed E-state index contributed by atoms with van der Waals surface area (Å²) in [6.45, 7) is 4.32. The molecule has 38 heavy (non-hydrogen) atoms. The largest absolute Gasteiger partial charge is 0.497 e. The minimum absolute atomic E-state index is 0.119. The molecule has 0 fully saturated rings. The maximum Gasteiger partial charge on any atom is 0.336 e. The Morgan fingerprint density at radius 2 is 1.61 bits per heavy atom. The average Bonchev–Trinajstić information content (AvgIpc) is 2.89. The maximum atomic E-state index is 12.6. The topological polar surface area (TPSA) is 175 Å². The number of hydrogen-bond acceptors (Lipinski definition) is 6. The lowest BCUT2D eigenvalue weighted by molar-refractivity contribution is -0.138. The van der Waals surface area contributed by atoms with Crippen LogP contribution >= 0.6 is 0 Å². The third kappa shape index (κ3) is 6.47. The smallest absolute Gasteiger partial charge is 0.336 e. The molecule has 198 valence electrons. The van der Waals surface area contributed by atoms with E-state index in [4.69, 9.17) is 15.9 Å². The van der Waals surface area contributed by atoms with Crippen molar-refractivity contribution >= 4 is 29.4 Å². The number of carbonyl (C=O) groups excluding carboxylic acids is 1. The van der Waals surface area contributed by atoms with E-state index in [9.17, 15) is 24.6 Å². The first-order chi connectivity index (χ1) is 18.0. The molecule has 0 radical (unpaired) electrons. The average molecular weight is 519 g/mol. The molecule has 1 amide bonds. The van der Waals surface area contributed by atoms with Gasteiger partial charge in [-0.2, -0.15) is 0 Å². The van der Waals surface area contributed by atoms with Gasteiger partial charge in [-0.25, -0.2) is 9.59 Å². The lowest BCUT2D eigenvalue weighted by atomic mass is 9.90. The SMILES string of the molecule is COc1ccc(C(Nc2ccc(C(=N)N)cc2)C(=O)O)c(-c2ccc(C(=O)NCC(C)C)cc2C(=O)O)c1. The van der Waals surface area contributed by atoms with Crippen LogP contribution in [0.1, 0.15) is 51.7 Å². The highest BCUT2D eigenvalue weighted by Crippen LogP contribution is 2.36. The van der Waals surface area contributed by atoms with E-state index < -0.39 is 23.9 Å². The Kier molecular flexibility index (Phi) is 8.69. The molecule has 10 heteroatoms. The molecule has 3 aromatic carbocycles. The number of ether oxygens (including phenoxy) is 1. The van der Waals surface area contributed by atoms with Gasteiger partial charge in [-0.15, -0.1) is 0 Å². The number of carbonyl (C=O) groups is 3. The van der Waals surface area contributed by atoms with Crippen LogP contribution in [-0.4, -0.2) is 47.5 Å². The number of carboxylic acids is 2. The number of carboxylic acid groups (broad SMARTS) is 2. The van der Waals surface area contributed by atoms with Crippen LogP contribution in [0.4, 0.5) is 5.69 Å². The first-order valence-corrected chi connectivity index (χ1v) is 11.8. The lowest BCUT2D eigenvalue weighted by Gasteiger charge is -2.21. The van der Waals surface area contributed by atoms with Gasteiger partial charge in [-0.3, -0.25) is 10.2 Å². The van der Waals surface area contributed by atoms with Gasteiger partial charge in [0.05, 0.1) is 12.7 Å². The third-order valence-electron chi connectivity index (χ3n) is 5.80. The number of aliphatic carboxylic acids is 1. The molecule has 1 unspecified atom stereocenters. The number of aromatic carboxylic acids is 1. The second kappa shape index (κ2) is 11.9. The van der Waals surface area contributed by atoms with Crippen LogP contribution in [0.15, 0.2) is 60.7 Å². The second-order valence-electron chi connectivity index (χ2n) is 9.03. The van der Waals surface area contributed by atoms with Crippen LogP contribution in [0.5, 0.6) is 5.75 Å². The summed E-state index contributed by atoms with van der Waals surface area (Å²) < 4.78 is 5.33. The van der Waals surface area contributed by atoms with E-state index in [1.54, 1.807) is 42.5 Å². The predicted octanol–water partition coefficient (Wildman–Crippen LogP) is 3.97. The fourth-order valence-electron chi connectivity index (χ4n) is 3.83. The first kappa shape index (κ1) is 27.7. The standard InChI is InChI=1S/C28H30N4O6/c1-15(2)14-31-26(33)17-6-10-20(23(12-17)27(34)35)22-13-19(38-3)9-11-21(22)24(28(36)37)32-18-7-4-16(5-8-18)25(29)30/h4-13,15,24,32H,14H2,1-3H3,(H3,29,30)(H,31,33)(H,34,35)(H,36,37). The van der Waals surface area contributed by atoms with Crippen LogP contribution < -0.4 is 21.1 Å². The zero-order valence-electron chi connectivity index (χ0n) is 21.2. The van der Waals surface area contributed by atoms with Crippen molar-refractivity contribution in [2.75, 3.05) is 19.0 Å². The van der Waals surface area contributed by atoms with E-state index >= 15 is 0 Å². The van der Waals surface area contributed by atoms with Gasteiger partial charge < -0.3 is 31.3 Å². The van der Waals surface area contributed by atoms with E-state index in [1.807, 2.05) is 13.8 Å². The van der Waals surface area contributed by atoms with Crippen molar-refractivity contribution in [1.82, 2.24) is 5.32 Å². The third-order valence-corrected chi connectivity index (χ3v) is 5.80. The summed E-state index contributed by atoms with van der Waals surface area (Å²) in [5.74, 6) is -2.38. The molecule has 0 aliphatic heterocycles. The van der Waals surface area contributed by atoms with Crippen molar-refractivity contribution in [3.63, 3.8) is 0 Å². The first-order valence-electron chi connectivity index (χ1n) is 11.8. The second-order valence-corrected chi connectivity index (χ2v) is 9.03. The summed E-state index contributed by atoms with van der Waals surface area (Å²) in [7, 11) is 1.45. The van der Waals surface area contributed by atoms with Gasteiger partial charge in [-0.1, -0.05) is 26.0 Å². The van der Waals surface area contributed by atoms with Crippen molar-refractivity contribution in [1.29, 1.82) is 5.41 Å². The van der Waals surface area contributed by atoms with E-state index in [0.29, 0.717) is 29.1 Å². The van der Waals surface area contributed by atoms with Crippen molar-refractivity contribution in [3.05, 3.63) is 82.9 Å². The Morgan fingerprint density at radius 1 is 0.947 bits per heavy atom. The van der Waals surface area contributed by atoms with Crippen LogP contribution in [0.3, 0.4) is 0 Å². The maximum absolute atomic E-state index is 12.6. The van der Waals surface area contributed by atoms with Crippen LogP contribution in [-0.2, 0) is 4.79 Å². The van der Waals surface area contributed by atoms with E-state index in [-0.39, 0.29) is 34.0 Å². The molecular weight excluding hydrogens is 488 g/mol. The quantitative estimate of drug-likeness (QED) is 0.163. The fourth-order valence-corrected chi connectivity index (χ4v) is 3.83. The summed E-state index contributed by atoms with van der Waals surface area (Å²) in [6.07, 6.45) is 0. The van der Waals surface area contributed by atoms with Gasteiger partial charge in [0.2, 0.25) is 0 Å². The lowest BCUT2D eigenvalue weighted by Crippen LogP contribution is -2.27. The van der Waals surface area contributed by atoms with E-state index in [2.05, 4.69) is 10.6 Å². The Labute approximate surface area is 220 Å². The van der Waals surface area contributed by atoms with Crippen LogP contribution in [0.2, 0.25) is 0 Å². The molecule has 10 nitrogen and oxygen atoms in total. The monoisotopic (exact) mass is 518 g/mol. The molecule has 3 aromatic rings. The zero-order valence-corrected chi connectivity index (χ0v) is 21.2. The van der Waals surface area contributed by atoms with Crippen LogP contribution in [0, 0.1) is 11.3 Å². The molecule has 0 aliphatic rings. The van der Waals surface area contributed by atoms with Crippen molar-refractivity contribution < 1.29 is 29.3 Å². The van der Waals surface area contributed by atoms with Gasteiger partial charge in [0.15, 0.2) is 6.04 Å². The summed E-state index contributed by atoms with van der Waals surface area (Å²) in [6, 6.07) is 14.1. The molecule has 0 bridgehead atoms. The van der Waals surface area contributed by atoms with Crippen molar-refractivity contribution in [3.8, 4) is 16.9 Å². The number of amidine groups is 1. The number of anilines is 1. The summed E-state index contributed by atoms with van der Waals surface area (Å²) in [5.41, 5.74) is 7.28. The van der Waals surface area contributed by atoms with Crippen LogP contribution in [0.25, 0.3) is 11.1 Å². The van der Waals surface area contributed by atoms with E-state index in [0.717, 1.165) is 0 Å². The molecule has 3 rings (SSSR count). The Balaban J connectivity index is 2.11. The van der Waals surface area contributed by atoms with Gasteiger partial charge in [0, 0.05) is 23.4 Å². The van der Waals surface area contributed by atoms with Gasteiger partial charge >= 0.3 is 11.9 Å². The number of nitrogen functional groups attached to an aromatic ring is 1. The number of amides is 1. The molecule has 0 saturated carbocycles. The Bertz CT molecular complexity index is 1370. The molecule has 0 saturated heterocycles. The minimum atomic E-state index is -1.27. The normalized spacial score (nSPS) is 11.5. The number of methoxy groups -OCH3 is 1. The minimum Gasteiger partial charge on any atom is -0.497 e. The predicted molar refractivity (Wildman–Crippen MR) is 144 cm³/mol. The highest BCUT2D eigenvalue weighted by atomic mass is 16.5. The van der Waals surface area contributed by atoms with E-state index in [1.165, 1.54) is 25.3 Å². The molecule has 0 aromatic heterocycles. The Hall–Kier alpha value is -4.86. The van der Waals surface area contributed by atoms with Gasteiger partial charge in [0.25, 0.3) is 5.91 Å². The highest BCUT2D eigenvalue weighted by molar-refractivity contribution is 6.02. The molecule has 7 N–H and O–H groups in total. The van der Waals surface area contributed by atoms with Crippen molar-refractivity contribution in [2.24, 2.45) is 11.7 Å². The van der Waals surface area contributed by atoms with Gasteiger partial charge in [-0.05, 0) is 71.1 Å². The molecule has 0 aliphatic carbocycles. The van der Waals surface area contributed by atoms with Gasteiger partial charge in [0.1, 0.15) is 11.6 Å². The molecular formula is C28H30N4O6. The summed E-state index contributed by atoms with van der Waals surface area (Å²) >= 11 is 0. The highest BCUT2D eigenvalue weighted by Gasteiger charge is 2.26. The fraction of sp³-hybridized carbons (Fsp3) is 0.214. The Morgan fingerprint density at radius 3 is 2.16 bits per heavy atom.